The summed E-state index contributed by atoms with van der Waals surface area (Å²) in [7, 11) is 0. The summed E-state index contributed by atoms with van der Waals surface area (Å²) in [6.45, 7) is 7.51. The number of amides is 2. The Morgan fingerprint density at radius 1 is 1.03 bits per heavy atom. The molecule has 4 rings (SSSR count). The van der Waals surface area contributed by atoms with Gasteiger partial charge in [0.2, 0.25) is 5.91 Å². The Labute approximate surface area is 214 Å². The Hall–Kier alpha value is -3.04. The topological polar surface area (TPSA) is 83.4 Å². The maximum absolute atomic E-state index is 12.8. The molecule has 184 valence electrons. The first kappa shape index (κ1) is 25.1. The second-order valence-corrected chi connectivity index (χ2v) is 9.60. The number of para-hydroxylation sites is 1. The van der Waals surface area contributed by atoms with E-state index in [1.54, 1.807) is 24.3 Å². The number of thioether (sulfide) groups is 1. The lowest BCUT2D eigenvalue weighted by Crippen LogP contribution is -2.49. The van der Waals surface area contributed by atoms with Gasteiger partial charge in [-0.2, -0.15) is 0 Å². The number of anilines is 1. The molecule has 3 aromatic rings. The van der Waals surface area contributed by atoms with Crippen LogP contribution in [0.15, 0.2) is 59.8 Å². The van der Waals surface area contributed by atoms with Crippen LogP contribution in [-0.2, 0) is 11.3 Å². The zero-order valence-electron chi connectivity index (χ0n) is 19.9. The third-order valence-corrected chi connectivity index (χ3v) is 7.27. The zero-order valence-corrected chi connectivity index (χ0v) is 21.4. The Morgan fingerprint density at radius 3 is 2.40 bits per heavy atom. The molecule has 2 aromatic carbocycles. The Bertz CT molecular complexity index is 1160. The van der Waals surface area contributed by atoms with Crippen LogP contribution in [0.3, 0.4) is 0 Å². The van der Waals surface area contributed by atoms with Crippen LogP contribution in [0, 0.1) is 0 Å². The number of carbonyl (C=O) groups is 2. The van der Waals surface area contributed by atoms with Crippen molar-refractivity contribution in [3.8, 4) is 0 Å². The molecule has 8 nitrogen and oxygen atoms in total. The van der Waals surface area contributed by atoms with E-state index in [0.29, 0.717) is 47.0 Å². The van der Waals surface area contributed by atoms with Gasteiger partial charge in [0.15, 0.2) is 11.0 Å². The van der Waals surface area contributed by atoms with Gasteiger partial charge in [-0.3, -0.25) is 9.59 Å². The number of halogens is 1. The predicted octanol–water partition coefficient (Wildman–Crippen LogP) is 3.88. The van der Waals surface area contributed by atoms with Gasteiger partial charge in [0.05, 0.1) is 22.4 Å². The molecule has 1 aliphatic heterocycles. The summed E-state index contributed by atoms with van der Waals surface area (Å²) in [6, 6.07) is 16.8. The summed E-state index contributed by atoms with van der Waals surface area (Å²) in [6.07, 6.45) is 0. The molecule has 1 N–H and O–H groups in total. The van der Waals surface area contributed by atoms with Crippen LogP contribution in [0.4, 0.5) is 5.69 Å². The molecule has 2 amide bonds. The molecule has 1 aromatic heterocycles. The van der Waals surface area contributed by atoms with Crippen LogP contribution in [-0.4, -0.2) is 63.4 Å². The molecule has 0 saturated carbocycles. The monoisotopic (exact) mass is 512 g/mol. The largest absolute Gasteiger partial charge is 0.368 e. The van der Waals surface area contributed by atoms with E-state index in [1.165, 1.54) is 17.4 Å². The maximum Gasteiger partial charge on any atom is 0.253 e. The van der Waals surface area contributed by atoms with E-state index in [0.717, 1.165) is 13.1 Å². The first-order valence-electron chi connectivity index (χ1n) is 11.7. The molecule has 2 heterocycles. The number of benzene rings is 2. The molecule has 1 fully saturated rings. The van der Waals surface area contributed by atoms with Gasteiger partial charge >= 0.3 is 0 Å². The fraction of sp³-hybridized carbons (Fsp3) is 0.360. The van der Waals surface area contributed by atoms with Crippen LogP contribution in [0.2, 0.25) is 5.02 Å². The second kappa shape index (κ2) is 11.6. The van der Waals surface area contributed by atoms with Gasteiger partial charge < -0.3 is 19.7 Å². The summed E-state index contributed by atoms with van der Waals surface area (Å²) in [5, 5.41) is 12.6. The van der Waals surface area contributed by atoms with E-state index in [4.69, 9.17) is 11.6 Å². The van der Waals surface area contributed by atoms with Gasteiger partial charge in [0.1, 0.15) is 0 Å². The van der Waals surface area contributed by atoms with E-state index in [2.05, 4.69) is 32.5 Å². The highest BCUT2D eigenvalue weighted by Crippen LogP contribution is 2.23. The Morgan fingerprint density at radius 2 is 1.71 bits per heavy atom. The van der Waals surface area contributed by atoms with Crippen molar-refractivity contribution < 1.29 is 9.59 Å². The molecule has 0 aliphatic carbocycles. The van der Waals surface area contributed by atoms with Gasteiger partial charge in [0.25, 0.3) is 5.91 Å². The van der Waals surface area contributed by atoms with Crippen molar-refractivity contribution in [3.63, 3.8) is 0 Å². The summed E-state index contributed by atoms with van der Waals surface area (Å²) < 4.78 is 1.93. The van der Waals surface area contributed by atoms with Crippen molar-refractivity contribution in [1.82, 2.24) is 25.0 Å². The Kier molecular flexibility index (Phi) is 8.30. The minimum Gasteiger partial charge on any atom is -0.368 e. The third kappa shape index (κ3) is 5.97. The standard InChI is InChI=1S/C25H29ClN6O2S/c1-3-32-23(18(2)27-24(34)20-11-7-8-12-21(20)26)28-29-25(32)35-17-22(33)31-15-13-30(14-16-31)19-9-5-4-6-10-19/h4-12,18H,3,13-17H2,1-2H3,(H,27,34)/t18-/m0/s1. The maximum atomic E-state index is 12.8. The van der Waals surface area contributed by atoms with Gasteiger partial charge in [-0.25, -0.2) is 0 Å². The highest BCUT2D eigenvalue weighted by molar-refractivity contribution is 7.99. The quantitative estimate of drug-likeness (QED) is 0.461. The molecular weight excluding hydrogens is 484 g/mol. The number of hydrogen-bond acceptors (Lipinski definition) is 6. The zero-order chi connectivity index (χ0) is 24.8. The molecule has 1 saturated heterocycles. The minimum atomic E-state index is -0.373. The molecular formula is C25H29ClN6O2S. The lowest BCUT2D eigenvalue weighted by Gasteiger charge is -2.36. The van der Waals surface area contributed by atoms with Crippen LogP contribution in [0.1, 0.15) is 36.1 Å². The van der Waals surface area contributed by atoms with Gasteiger partial charge in [-0.1, -0.05) is 53.7 Å². The molecule has 35 heavy (non-hydrogen) atoms. The van der Waals surface area contributed by atoms with Crippen LogP contribution in [0.5, 0.6) is 0 Å². The average molecular weight is 513 g/mol. The van der Waals surface area contributed by atoms with E-state index < -0.39 is 0 Å². The van der Waals surface area contributed by atoms with Crippen LogP contribution >= 0.6 is 23.4 Å². The highest BCUT2D eigenvalue weighted by atomic mass is 35.5. The molecule has 1 atom stereocenters. The lowest BCUT2D eigenvalue weighted by atomic mass is 10.2. The fourth-order valence-electron chi connectivity index (χ4n) is 4.08. The van der Waals surface area contributed by atoms with Crippen molar-refractivity contribution in [1.29, 1.82) is 0 Å². The molecule has 0 spiro atoms. The van der Waals surface area contributed by atoms with E-state index in [-0.39, 0.29) is 17.9 Å². The molecule has 10 heteroatoms. The highest BCUT2D eigenvalue weighted by Gasteiger charge is 2.24. The molecule has 0 bridgehead atoms. The van der Waals surface area contributed by atoms with Gasteiger partial charge in [0, 0.05) is 38.4 Å². The van der Waals surface area contributed by atoms with Crippen LogP contribution < -0.4 is 10.2 Å². The summed E-state index contributed by atoms with van der Waals surface area (Å²) in [5.74, 6) is 0.756. The fourth-order valence-corrected chi connectivity index (χ4v) is 5.21. The SMILES string of the molecule is CCn1c(SCC(=O)N2CCN(c3ccccc3)CC2)nnc1[C@H](C)NC(=O)c1ccccc1Cl. The van der Waals surface area contributed by atoms with E-state index >= 15 is 0 Å². The normalized spacial score (nSPS) is 14.6. The first-order chi connectivity index (χ1) is 17.0. The van der Waals surface area contributed by atoms with Gasteiger partial charge in [-0.05, 0) is 38.1 Å². The number of carbonyl (C=O) groups excluding carboxylic acids is 2. The first-order valence-corrected chi connectivity index (χ1v) is 13.0. The molecule has 0 radical (unpaired) electrons. The summed E-state index contributed by atoms with van der Waals surface area (Å²) >= 11 is 7.53. The number of hydrogen-bond donors (Lipinski definition) is 1. The average Bonchev–Trinajstić information content (AvgIpc) is 3.31. The van der Waals surface area contributed by atoms with Crippen molar-refractivity contribution in [2.75, 3.05) is 36.8 Å². The van der Waals surface area contributed by atoms with Crippen molar-refractivity contribution in [2.45, 2.75) is 31.6 Å². The number of aromatic nitrogens is 3. The van der Waals surface area contributed by atoms with Crippen LogP contribution in [0.25, 0.3) is 0 Å². The predicted molar refractivity (Wildman–Crippen MR) is 139 cm³/mol. The number of piperazine rings is 1. The summed E-state index contributed by atoms with van der Waals surface area (Å²) in [5.41, 5.74) is 1.60. The van der Waals surface area contributed by atoms with Crippen molar-refractivity contribution in [2.24, 2.45) is 0 Å². The number of nitrogens with zero attached hydrogens (tertiary/aromatic N) is 5. The Balaban J connectivity index is 1.32. The van der Waals surface area contributed by atoms with Crippen molar-refractivity contribution in [3.05, 3.63) is 71.0 Å². The smallest absolute Gasteiger partial charge is 0.253 e. The number of nitrogens with one attached hydrogen (secondary N) is 1. The number of rotatable bonds is 8. The third-order valence-electron chi connectivity index (χ3n) is 5.99. The van der Waals surface area contributed by atoms with Crippen molar-refractivity contribution >= 4 is 40.9 Å². The summed E-state index contributed by atoms with van der Waals surface area (Å²) in [4.78, 5) is 29.7. The van der Waals surface area contributed by atoms with E-state index in [9.17, 15) is 9.59 Å². The molecule has 1 aliphatic rings. The van der Waals surface area contributed by atoms with Gasteiger partial charge in [-0.15, -0.1) is 10.2 Å². The molecule has 0 unspecified atom stereocenters. The van der Waals surface area contributed by atoms with E-state index in [1.807, 2.05) is 41.5 Å². The second-order valence-electron chi connectivity index (χ2n) is 8.25. The minimum absolute atomic E-state index is 0.0926. The lowest BCUT2D eigenvalue weighted by molar-refractivity contribution is -0.128.